The lowest BCUT2D eigenvalue weighted by Gasteiger charge is -2.33. The summed E-state index contributed by atoms with van der Waals surface area (Å²) in [5.74, 6) is -0.475. The van der Waals surface area contributed by atoms with Crippen LogP contribution in [-0.4, -0.2) is 42.6 Å². The van der Waals surface area contributed by atoms with E-state index in [0.29, 0.717) is 26.1 Å². The highest BCUT2D eigenvalue weighted by Crippen LogP contribution is 2.32. The number of esters is 2. The van der Waals surface area contributed by atoms with Gasteiger partial charge in [-0.25, -0.2) is 4.79 Å². The first-order valence-electron chi connectivity index (χ1n) is 17.3. The van der Waals surface area contributed by atoms with Gasteiger partial charge in [0, 0.05) is 18.9 Å². The number of rotatable bonds is 15. The van der Waals surface area contributed by atoms with Crippen LogP contribution < -0.4 is 0 Å². The Hall–Kier alpha value is -3.51. The average Bonchev–Trinajstić information content (AvgIpc) is 3.09. The van der Waals surface area contributed by atoms with Crippen molar-refractivity contribution in [3.8, 4) is 0 Å². The van der Waals surface area contributed by atoms with E-state index >= 15 is 0 Å². The standard InChI is InChI=1S/C20H30O3.C9H10O.C6H12.C5H6O2/c1-2-3-4-8-11-17-14-15-23-20(22)19(17)18(21)13-12-16-9-6-5-7-10-16;10-8-4-7-9-5-2-1-3-6-9;1-3-5-6-4-2;6-5-3-1-2-4-7-5/h5-7,9-10,17-19,21H,2-4,8,11-15H2,1H3;1-3,5-6,8H,4,7H2;3H,1,4-6H2,2H3;1,3H,2,4H2/t17-,18?,19-;;;/m0.../s1. The molecule has 0 radical (unpaired) electrons. The van der Waals surface area contributed by atoms with Crippen LogP contribution in [0.2, 0.25) is 0 Å². The van der Waals surface area contributed by atoms with E-state index < -0.39 is 6.10 Å². The third-order valence-corrected chi connectivity index (χ3v) is 7.87. The molecule has 4 rings (SSSR count). The Kier molecular flexibility index (Phi) is 24.5. The summed E-state index contributed by atoms with van der Waals surface area (Å²) in [4.78, 5) is 32.3. The molecule has 1 N–H and O–H groups in total. The Morgan fingerprint density at radius 2 is 1.50 bits per heavy atom. The van der Waals surface area contributed by atoms with Crippen LogP contribution in [0.25, 0.3) is 0 Å². The molecule has 0 spiro atoms. The first kappa shape index (κ1) is 40.5. The third kappa shape index (κ3) is 19.8. The maximum absolute atomic E-state index is 12.2. The lowest BCUT2D eigenvalue weighted by Crippen LogP contribution is -2.40. The van der Waals surface area contributed by atoms with E-state index in [1.807, 2.05) is 60.7 Å². The van der Waals surface area contributed by atoms with Gasteiger partial charge in [0.05, 0.1) is 25.2 Å². The lowest BCUT2D eigenvalue weighted by atomic mass is 9.79. The van der Waals surface area contributed by atoms with Gasteiger partial charge in [0.25, 0.3) is 0 Å². The minimum absolute atomic E-state index is 0.197. The molecule has 2 aromatic rings. The normalized spacial score (nSPS) is 17.3. The number of hydrogen-bond donors (Lipinski definition) is 1. The minimum Gasteiger partial charge on any atom is -0.465 e. The van der Waals surface area contributed by atoms with Crippen molar-refractivity contribution in [2.24, 2.45) is 11.8 Å². The van der Waals surface area contributed by atoms with Crippen LogP contribution >= 0.6 is 0 Å². The van der Waals surface area contributed by atoms with E-state index in [2.05, 4.69) is 37.3 Å². The molecule has 2 aliphatic heterocycles. The fraction of sp³-hybridized carbons (Fsp3) is 0.525. The van der Waals surface area contributed by atoms with Gasteiger partial charge < -0.3 is 19.4 Å². The highest BCUT2D eigenvalue weighted by molar-refractivity contribution is 5.82. The number of hydrogen-bond acceptors (Lipinski definition) is 6. The Morgan fingerprint density at radius 1 is 0.848 bits per heavy atom. The van der Waals surface area contributed by atoms with Crippen molar-refractivity contribution in [3.05, 3.63) is 96.6 Å². The highest BCUT2D eigenvalue weighted by Gasteiger charge is 2.38. The van der Waals surface area contributed by atoms with Crippen LogP contribution in [0, 0.1) is 11.8 Å². The predicted octanol–water partition coefficient (Wildman–Crippen LogP) is 8.80. The van der Waals surface area contributed by atoms with Crippen molar-refractivity contribution in [2.75, 3.05) is 13.2 Å². The number of unbranched alkanes of at least 4 members (excludes halogenated alkanes) is 5. The summed E-state index contributed by atoms with van der Waals surface area (Å²) in [5, 5.41) is 10.6. The van der Waals surface area contributed by atoms with Gasteiger partial charge in [-0.3, -0.25) is 4.79 Å². The van der Waals surface area contributed by atoms with Crippen molar-refractivity contribution < 1.29 is 29.0 Å². The van der Waals surface area contributed by atoms with Gasteiger partial charge in [-0.1, -0.05) is 125 Å². The molecule has 254 valence electrons. The molecule has 1 unspecified atom stereocenters. The summed E-state index contributed by atoms with van der Waals surface area (Å²) in [7, 11) is 0. The van der Waals surface area contributed by atoms with Crippen LogP contribution in [0.3, 0.4) is 0 Å². The van der Waals surface area contributed by atoms with E-state index in [-0.39, 0.29) is 23.8 Å². The molecule has 2 heterocycles. The smallest absolute Gasteiger partial charge is 0.330 e. The summed E-state index contributed by atoms with van der Waals surface area (Å²) in [5.41, 5.74) is 2.44. The first-order chi connectivity index (χ1) is 22.5. The summed E-state index contributed by atoms with van der Waals surface area (Å²) >= 11 is 0. The van der Waals surface area contributed by atoms with Crippen molar-refractivity contribution in [2.45, 2.75) is 110 Å². The summed E-state index contributed by atoms with van der Waals surface area (Å²) < 4.78 is 9.77. The number of allylic oxidation sites excluding steroid dienone is 1. The molecule has 0 saturated carbocycles. The molecular formula is C40H58O6. The van der Waals surface area contributed by atoms with Gasteiger partial charge >= 0.3 is 11.9 Å². The molecule has 0 amide bonds. The number of cyclic esters (lactones) is 2. The molecule has 1 saturated heterocycles. The molecule has 0 aliphatic carbocycles. The second-order valence-electron chi connectivity index (χ2n) is 11.7. The number of aldehydes is 1. The number of carbonyl (C=O) groups is 3. The number of aliphatic hydroxyl groups excluding tert-OH is 1. The molecule has 1 fully saturated rings. The minimum atomic E-state index is -0.598. The number of carbonyl (C=O) groups excluding carboxylic acids is 3. The number of aliphatic hydroxyl groups is 1. The van der Waals surface area contributed by atoms with Crippen molar-refractivity contribution in [1.29, 1.82) is 0 Å². The molecule has 6 heteroatoms. The Balaban J connectivity index is 0.000000374. The summed E-state index contributed by atoms with van der Waals surface area (Å²) in [6, 6.07) is 20.1. The zero-order valence-electron chi connectivity index (χ0n) is 28.3. The zero-order valence-corrected chi connectivity index (χ0v) is 28.3. The predicted molar refractivity (Wildman–Crippen MR) is 187 cm³/mol. The van der Waals surface area contributed by atoms with Gasteiger partial charge in [-0.05, 0) is 55.6 Å². The van der Waals surface area contributed by atoms with Crippen LogP contribution in [0.15, 0.2) is 85.5 Å². The monoisotopic (exact) mass is 634 g/mol. The fourth-order valence-corrected chi connectivity index (χ4v) is 5.22. The van der Waals surface area contributed by atoms with Gasteiger partial charge in [0.15, 0.2) is 0 Å². The van der Waals surface area contributed by atoms with Crippen LogP contribution in [0.5, 0.6) is 0 Å². The average molecular weight is 635 g/mol. The van der Waals surface area contributed by atoms with Gasteiger partial charge in [-0.15, -0.1) is 6.58 Å². The van der Waals surface area contributed by atoms with Gasteiger partial charge in [0.1, 0.15) is 6.29 Å². The topological polar surface area (TPSA) is 89.9 Å². The van der Waals surface area contributed by atoms with Gasteiger partial charge in [-0.2, -0.15) is 0 Å². The van der Waals surface area contributed by atoms with E-state index in [0.717, 1.165) is 44.8 Å². The largest absolute Gasteiger partial charge is 0.465 e. The number of benzene rings is 2. The lowest BCUT2D eigenvalue weighted by molar-refractivity contribution is -0.163. The summed E-state index contributed by atoms with van der Waals surface area (Å²) in [6.07, 6.45) is 19.9. The van der Waals surface area contributed by atoms with Crippen molar-refractivity contribution in [3.63, 3.8) is 0 Å². The second kappa shape index (κ2) is 27.8. The van der Waals surface area contributed by atoms with Gasteiger partial charge in [0.2, 0.25) is 0 Å². The van der Waals surface area contributed by atoms with E-state index in [4.69, 9.17) is 4.74 Å². The molecule has 3 atom stereocenters. The zero-order chi connectivity index (χ0) is 33.7. The fourth-order valence-electron chi connectivity index (χ4n) is 5.22. The highest BCUT2D eigenvalue weighted by atomic mass is 16.5. The van der Waals surface area contributed by atoms with Crippen LogP contribution in [-0.2, 0) is 36.7 Å². The van der Waals surface area contributed by atoms with E-state index in [9.17, 15) is 19.5 Å². The number of ether oxygens (including phenoxy) is 2. The molecule has 0 bridgehead atoms. The van der Waals surface area contributed by atoms with Crippen molar-refractivity contribution >= 4 is 18.2 Å². The Bertz CT molecular complexity index is 1080. The van der Waals surface area contributed by atoms with Crippen LogP contribution in [0.1, 0.15) is 102 Å². The Labute approximate surface area is 278 Å². The molecule has 0 aromatic heterocycles. The Morgan fingerprint density at radius 3 is 2.00 bits per heavy atom. The van der Waals surface area contributed by atoms with E-state index in [1.54, 1.807) is 0 Å². The SMILES string of the molecule is C=CCCCC.CCCCCC[C@H]1CCOC(=O)[C@@H]1C(O)CCc1ccccc1.O=C1C=CCCO1.O=CCCc1ccccc1. The van der Waals surface area contributed by atoms with Crippen LogP contribution in [0.4, 0.5) is 0 Å². The maximum atomic E-state index is 12.2. The number of aryl methyl sites for hydroxylation is 2. The molecule has 2 aromatic carbocycles. The maximum Gasteiger partial charge on any atom is 0.330 e. The quantitative estimate of drug-likeness (QED) is 0.0912. The molecule has 2 aliphatic rings. The molecule has 46 heavy (non-hydrogen) atoms. The van der Waals surface area contributed by atoms with E-state index in [1.165, 1.54) is 55.7 Å². The third-order valence-electron chi connectivity index (χ3n) is 7.87. The molecular weight excluding hydrogens is 576 g/mol. The summed E-state index contributed by atoms with van der Waals surface area (Å²) in [6.45, 7) is 9.05. The molecule has 6 nitrogen and oxygen atoms in total. The first-order valence-corrected chi connectivity index (χ1v) is 17.3. The van der Waals surface area contributed by atoms with Crippen molar-refractivity contribution in [1.82, 2.24) is 0 Å². The second-order valence-corrected chi connectivity index (χ2v) is 11.7.